The summed E-state index contributed by atoms with van der Waals surface area (Å²) >= 11 is 0. The fourth-order valence-corrected chi connectivity index (χ4v) is 3.92. The highest BCUT2D eigenvalue weighted by Crippen LogP contribution is 2.26. The summed E-state index contributed by atoms with van der Waals surface area (Å²) in [7, 11) is 0. The van der Waals surface area contributed by atoms with Gasteiger partial charge in [0.1, 0.15) is 0 Å². The maximum absolute atomic E-state index is 12.9. The number of hydrogen-bond donors (Lipinski definition) is 1. The van der Waals surface area contributed by atoms with Crippen LogP contribution in [0, 0.1) is 0 Å². The quantitative estimate of drug-likeness (QED) is 0.830. The van der Waals surface area contributed by atoms with Gasteiger partial charge in [-0.1, -0.05) is 36.4 Å². The minimum absolute atomic E-state index is 0.167. The SMILES string of the molecule is NC(=O)CN1CCC=C(C2CCCCN2C(=O)Cc2ccccc2)C1. The Kier molecular flexibility index (Phi) is 5.87. The van der Waals surface area contributed by atoms with E-state index in [1.54, 1.807) is 0 Å². The smallest absolute Gasteiger partial charge is 0.231 e. The summed E-state index contributed by atoms with van der Waals surface area (Å²) in [6.07, 6.45) is 6.85. The lowest BCUT2D eigenvalue weighted by Gasteiger charge is -2.40. The molecule has 2 amide bonds. The first-order valence-corrected chi connectivity index (χ1v) is 9.16. The molecule has 0 radical (unpaired) electrons. The average Bonchev–Trinajstić information content (AvgIpc) is 2.62. The van der Waals surface area contributed by atoms with Crippen LogP contribution in [0.15, 0.2) is 42.0 Å². The summed E-state index contributed by atoms with van der Waals surface area (Å²) in [5.74, 6) is -0.0919. The van der Waals surface area contributed by atoms with Crippen LogP contribution >= 0.6 is 0 Å². The average molecular weight is 341 g/mol. The van der Waals surface area contributed by atoms with Crippen molar-refractivity contribution in [3.8, 4) is 0 Å². The van der Waals surface area contributed by atoms with Gasteiger partial charge < -0.3 is 10.6 Å². The topological polar surface area (TPSA) is 66.6 Å². The third kappa shape index (κ3) is 4.69. The fourth-order valence-electron chi connectivity index (χ4n) is 3.92. The molecule has 0 bridgehead atoms. The first-order valence-electron chi connectivity index (χ1n) is 9.16. The van der Waals surface area contributed by atoms with Crippen LogP contribution in [0.1, 0.15) is 31.2 Å². The van der Waals surface area contributed by atoms with Crippen molar-refractivity contribution in [3.63, 3.8) is 0 Å². The summed E-state index contributed by atoms with van der Waals surface area (Å²) in [5.41, 5.74) is 7.68. The van der Waals surface area contributed by atoms with E-state index in [2.05, 4.69) is 15.9 Å². The fraction of sp³-hybridized carbons (Fsp3) is 0.500. The van der Waals surface area contributed by atoms with Gasteiger partial charge in [-0.25, -0.2) is 0 Å². The van der Waals surface area contributed by atoms with Crippen molar-refractivity contribution in [3.05, 3.63) is 47.5 Å². The van der Waals surface area contributed by atoms with E-state index in [9.17, 15) is 9.59 Å². The third-order valence-corrected chi connectivity index (χ3v) is 5.09. The zero-order chi connectivity index (χ0) is 17.6. The molecule has 5 nitrogen and oxygen atoms in total. The molecule has 0 aromatic heterocycles. The molecule has 134 valence electrons. The molecule has 25 heavy (non-hydrogen) atoms. The Morgan fingerprint density at radius 3 is 2.68 bits per heavy atom. The second-order valence-corrected chi connectivity index (χ2v) is 7.01. The normalized spacial score (nSPS) is 21.7. The van der Waals surface area contributed by atoms with Crippen molar-refractivity contribution in [2.24, 2.45) is 5.73 Å². The van der Waals surface area contributed by atoms with Crippen molar-refractivity contribution in [2.45, 2.75) is 38.1 Å². The van der Waals surface area contributed by atoms with Crippen molar-refractivity contribution in [1.82, 2.24) is 9.80 Å². The molecule has 1 aromatic rings. The van der Waals surface area contributed by atoms with Crippen LogP contribution in [0.4, 0.5) is 0 Å². The molecular weight excluding hydrogens is 314 g/mol. The molecule has 2 aliphatic heterocycles. The first-order chi connectivity index (χ1) is 12.1. The number of rotatable bonds is 5. The molecule has 2 heterocycles. The predicted molar refractivity (Wildman–Crippen MR) is 97.8 cm³/mol. The molecule has 2 aliphatic rings. The summed E-state index contributed by atoms with van der Waals surface area (Å²) in [5, 5.41) is 0. The molecule has 1 unspecified atom stereocenters. The van der Waals surface area contributed by atoms with E-state index in [1.165, 1.54) is 5.57 Å². The van der Waals surface area contributed by atoms with Crippen molar-refractivity contribution < 1.29 is 9.59 Å². The van der Waals surface area contributed by atoms with E-state index in [0.29, 0.717) is 13.0 Å². The van der Waals surface area contributed by atoms with E-state index in [-0.39, 0.29) is 17.9 Å². The number of primary amides is 1. The van der Waals surface area contributed by atoms with Crippen LogP contribution in [-0.2, 0) is 16.0 Å². The van der Waals surface area contributed by atoms with Crippen LogP contribution in [0.5, 0.6) is 0 Å². The highest BCUT2D eigenvalue weighted by Gasteiger charge is 2.31. The third-order valence-electron chi connectivity index (χ3n) is 5.09. The Bertz CT molecular complexity index is 642. The molecule has 0 aliphatic carbocycles. The maximum atomic E-state index is 12.9. The van der Waals surface area contributed by atoms with Crippen molar-refractivity contribution in [1.29, 1.82) is 0 Å². The lowest BCUT2D eigenvalue weighted by atomic mass is 9.91. The van der Waals surface area contributed by atoms with E-state index >= 15 is 0 Å². The van der Waals surface area contributed by atoms with Gasteiger partial charge in [-0.15, -0.1) is 0 Å². The summed E-state index contributed by atoms with van der Waals surface area (Å²) in [6, 6.07) is 10.1. The Hall–Kier alpha value is -2.14. The molecule has 1 atom stereocenters. The van der Waals surface area contributed by atoms with Gasteiger partial charge in [-0.2, -0.15) is 0 Å². The maximum Gasteiger partial charge on any atom is 0.231 e. The minimum Gasteiger partial charge on any atom is -0.369 e. The second-order valence-electron chi connectivity index (χ2n) is 7.01. The number of nitrogens with zero attached hydrogens (tertiary/aromatic N) is 2. The number of amides is 2. The number of piperidine rings is 1. The van der Waals surface area contributed by atoms with Crippen LogP contribution in [0.3, 0.4) is 0 Å². The second kappa shape index (κ2) is 8.30. The predicted octanol–water partition coefficient (Wildman–Crippen LogP) is 1.73. The standard InChI is InChI=1S/C20H27N3O2/c21-19(24)15-22-11-6-9-17(14-22)18-10-4-5-12-23(18)20(25)13-16-7-2-1-3-8-16/h1-3,7-9,18H,4-6,10-15H2,(H2,21,24). The van der Waals surface area contributed by atoms with Gasteiger partial charge in [0.05, 0.1) is 19.0 Å². The Labute approximate surface area is 149 Å². The zero-order valence-corrected chi connectivity index (χ0v) is 14.7. The van der Waals surface area contributed by atoms with Crippen LogP contribution in [0.2, 0.25) is 0 Å². The Morgan fingerprint density at radius 2 is 1.92 bits per heavy atom. The van der Waals surface area contributed by atoms with E-state index < -0.39 is 0 Å². The van der Waals surface area contributed by atoms with Crippen LogP contribution in [0.25, 0.3) is 0 Å². The van der Waals surface area contributed by atoms with Gasteiger partial charge in [0.25, 0.3) is 0 Å². The van der Waals surface area contributed by atoms with E-state index in [1.807, 2.05) is 30.3 Å². The molecule has 0 spiro atoms. The largest absolute Gasteiger partial charge is 0.369 e. The molecule has 3 rings (SSSR count). The summed E-state index contributed by atoms with van der Waals surface area (Å²) in [6.45, 7) is 2.71. The van der Waals surface area contributed by atoms with Gasteiger partial charge in [0, 0.05) is 19.6 Å². The number of benzene rings is 1. The number of carbonyl (C=O) groups is 2. The van der Waals surface area contributed by atoms with Gasteiger partial charge in [0.15, 0.2) is 0 Å². The molecule has 0 saturated carbocycles. The number of carbonyl (C=O) groups excluding carboxylic acids is 2. The molecule has 2 N–H and O–H groups in total. The van der Waals surface area contributed by atoms with Gasteiger partial charge in [0.2, 0.25) is 11.8 Å². The van der Waals surface area contributed by atoms with E-state index in [4.69, 9.17) is 5.73 Å². The number of nitrogens with two attached hydrogens (primary N) is 1. The highest BCUT2D eigenvalue weighted by atomic mass is 16.2. The molecule has 1 fully saturated rings. The lowest BCUT2D eigenvalue weighted by Crippen LogP contribution is -2.48. The van der Waals surface area contributed by atoms with E-state index in [0.717, 1.165) is 50.9 Å². The minimum atomic E-state index is -0.290. The molecule has 1 aromatic carbocycles. The van der Waals surface area contributed by atoms with Gasteiger partial charge >= 0.3 is 0 Å². The van der Waals surface area contributed by atoms with Gasteiger partial charge in [-0.05, 0) is 36.8 Å². The van der Waals surface area contributed by atoms with Crippen LogP contribution < -0.4 is 5.73 Å². The molecule has 1 saturated heterocycles. The van der Waals surface area contributed by atoms with Gasteiger partial charge in [-0.3, -0.25) is 14.5 Å². The molecular formula is C20H27N3O2. The number of hydrogen-bond acceptors (Lipinski definition) is 3. The monoisotopic (exact) mass is 341 g/mol. The summed E-state index contributed by atoms with van der Waals surface area (Å²) in [4.78, 5) is 28.3. The lowest BCUT2D eigenvalue weighted by molar-refractivity contribution is -0.133. The van der Waals surface area contributed by atoms with Crippen molar-refractivity contribution >= 4 is 11.8 Å². The summed E-state index contributed by atoms with van der Waals surface area (Å²) < 4.78 is 0. The molecule has 5 heteroatoms. The first kappa shape index (κ1) is 17.7. The Morgan fingerprint density at radius 1 is 1.12 bits per heavy atom. The van der Waals surface area contributed by atoms with Crippen LogP contribution in [-0.4, -0.2) is 53.8 Å². The Balaban J connectivity index is 1.69. The highest BCUT2D eigenvalue weighted by molar-refractivity contribution is 5.79. The number of likely N-dealkylation sites (tertiary alicyclic amines) is 1. The van der Waals surface area contributed by atoms with Crippen molar-refractivity contribution in [2.75, 3.05) is 26.2 Å². The zero-order valence-electron chi connectivity index (χ0n) is 14.7.